The Morgan fingerprint density at radius 2 is 1.89 bits per heavy atom. The molecule has 0 atom stereocenters. The van der Waals surface area contributed by atoms with E-state index in [4.69, 9.17) is 9.84 Å². The smallest absolute Gasteiger partial charge is 0.307 e. The van der Waals surface area contributed by atoms with Crippen LogP contribution in [0.2, 0.25) is 0 Å². The van der Waals surface area contributed by atoms with Gasteiger partial charge >= 0.3 is 5.97 Å². The minimum atomic E-state index is -0.895. The number of ether oxygens (including phenoxy) is 1. The highest BCUT2D eigenvalue weighted by Gasteiger charge is 2.07. The summed E-state index contributed by atoms with van der Waals surface area (Å²) in [6.45, 7) is 0.283. The van der Waals surface area contributed by atoms with Crippen molar-refractivity contribution in [2.24, 2.45) is 0 Å². The zero-order valence-corrected chi connectivity index (χ0v) is 10.2. The highest BCUT2D eigenvalue weighted by molar-refractivity contribution is 5.71. The number of hydrogen-bond donors (Lipinski definition) is 2. The van der Waals surface area contributed by atoms with Crippen molar-refractivity contribution in [3.05, 3.63) is 59.7 Å². The first-order chi connectivity index (χ1) is 9.15. The van der Waals surface area contributed by atoms with Crippen LogP contribution in [0.15, 0.2) is 48.5 Å². The predicted octanol–water partition coefficient (Wildman–Crippen LogP) is 2.60. The second-order valence-electron chi connectivity index (χ2n) is 4.14. The van der Waals surface area contributed by atoms with Crippen LogP contribution in [0.25, 0.3) is 0 Å². The van der Waals surface area contributed by atoms with E-state index in [1.54, 1.807) is 42.5 Å². The summed E-state index contributed by atoms with van der Waals surface area (Å²) in [7, 11) is 0. The number of carboxylic acid groups (broad SMARTS) is 1. The Morgan fingerprint density at radius 3 is 2.63 bits per heavy atom. The number of benzene rings is 2. The van der Waals surface area contributed by atoms with E-state index in [-0.39, 0.29) is 18.8 Å². The monoisotopic (exact) mass is 258 g/mol. The first-order valence-corrected chi connectivity index (χ1v) is 5.85. The van der Waals surface area contributed by atoms with Crippen LogP contribution in [-0.2, 0) is 17.8 Å². The van der Waals surface area contributed by atoms with E-state index in [1.807, 2.05) is 6.07 Å². The van der Waals surface area contributed by atoms with E-state index in [0.717, 1.165) is 5.56 Å². The van der Waals surface area contributed by atoms with Crippen molar-refractivity contribution in [1.82, 2.24) is 0 Å². The van der Waals surface area contributed by atoms with Crippen molar-refractivity contribution in [2.75, 3.05) is 0 Å². The maximum absolute atomic E-state index is 10.8. The lowest BCUT2D eigenvalue weighted by molar-refractivity contribution is -0.136. The molecular formula is C15H14O4. The largest absolute Gasteiger partial charge is 0.508 e. The zero-order valence-electron chi connectivity index (χ0n) is 10.2. The summed E-state index contributed by atoms with van der Waals surface area (Å²) in [5, 5.41) is 18.2. The molecule has 4 heteroatoms. The molecule has 0 bridgehead atoms. The first kappa shape index (κ1) is 13.0. The van der Waals surface area contributed by atoms with Gasteiger partial charge in [-0.3, -0.25) is 4.79 Å². The van der Waals surface area contributed by atoms with E-state index in [2.05, 4.69) is 0 Å². The topological polar surface area (TPSA) is 66.8 Å². The maximum atomic E-state index is 10.8. The van der Waals surface area contributed by atoms with Crippen LogP contribution in [0, 0.1) is 0 Å². The first-order valence-electron chi connectivity index (χ1n) is 5.85. The number of phenolic OH excluding ortho intramolecular Hbond substituents is 1. The van der Waals surface area contributed by atoms with Crippen molar-refractivity contribution in [3.63, 3.8) is 0 Å². The fourth-order valence-electron chi connectivity index (χ4n) is 1.76. The van der Waals surface area contributed by atoms with Gasteiger partial charge in [0.2, 0.25) is 0 Å². The van der Waals surface area contributed by atoms with Gasteiger partial charge < -0.3 is 14.9 Å². The van der Waals surface area contributed by atoms with E-state index in [9.17, 15) is 9.90 Å². The molecule has 0 saturated heterocycles. The summed E-state index contributed by atoms with van der Waals surface area (Å²) < 4.78 is 5.60. The fraction of sp³-hybridized carbons (Fsp3) is 0.133. The van der Waals surface area contributed by atoms with Crippen LogP contribution in [0.5, 0.6) is 11.5 Å². The van der Waals surface area contributed by atoms with Crippen molar-refractivity contribution >= 4 is 5.97 Å². The minimum Gasteiger partial charge on any atom is -0.508 e. The Balaban J connectivity index is 2.09. The lowest BCUT2D eigenvalue weighted by Gasteiger charge is -2.10. The summed E-state index contributed by atoms with van der Waals surface area (Å²) in [5.41, 5.74) is 1.46. The molecule has 2 aromatic rings. The molecule has 2 N–H and O–H groups in total. The Morgan fingerprint density at radius 1 is 1.11 bits per heavy atom. The molecule has 0 aliphatic heterocycles. The number of hydrogen-bond acceptors (Lipinski definition) is 3. The van der Waals surface area contributed by atoms with Gasteiger partial charge in [-0.05, 0) is 23.8 Å². The van der Waals surface area contributed by atoms with E-state index >= 15 is 0 Å². The summed E-state index contributed by atoms with van der Waals surface area (Å²) in [4.78, 5) is 10.8. The van der Waals surface area contributed by atoms with Gasteiger partial charge in [0.15, 0.2) is 0 Å². The molecule has 0 spiro atoms. The Hall–Kier alpha value is -2.49. The van der Waals surface area contributed by atoms with Gasteiger partial charge in [0.25, 0.3) is 0 Å². The van der Waals surface area contributed by atoms with Crippen LogP contribution in [-0.4, -0.2) is 16.2 Å². The third-order valence-corrected chi connectivity index (χ3v) is 2.62. The zero-order chi connectivity index (χ0) is 13.7. The van der Waals surface area contributed by atoms with Crippen LogP contribution >= 0.6 is 0 Å². The number of carboxylic acids is 1. The Bertz CT molecular complexity index is 578. The normalized spacial score (nSPS) is 10.1. The maximum Gasteiger partial charge on any atom is 0.307 e. The number of aliphatic carboxylic acids is 1. The Labute approximate surface area is 110 Å². The Kier molecular flexibility index (Phi) is 4.03. The molecule has 0 aliphatic carbocycles. The average molecular weight is 258 g/mol. The predicted molar refractivity (Wildman–Crippen MR) is 70.2 cm³/mol. The molecule has 0 fully saturated rings. The van der Waals surface area contributed by atoms with E-state index < -0.39 is 5.97 Å². The number of rotatable bonds is 5. The molecule has 0 unspecified atom stereocenters. The molecule has 98 valence electrons. The summed E-state index contributed by atoms with van der Waals surface area (Å²) in [5.74, 6) is -0.165. The van der Waals surface area contributed by atoms with Crippen LogP contribution < -0.4 is 4.74 Å². The van der Waals surface area contributed by atoms with Gasteiger partial charge in [0.1, 0.15) is 18.1 Å². The number of para-hydroxylation sites is 1. The van der Waals surface area contributed by atoms with Gasteiger partial charge in [0, 0.05) is 5.56 Å². The molecule has 0 radical (unpaired) electrons. The van der Waals surface area contributed by atoms with Crippen molar-refractivity contribution < 1.29 is 19.7 Å². The molecular weight excluding hydrogens is 244 g/mol. The van der Waals surface area contributed by atoms with Crippen LogP contribution in [0.3, 0.4) is 0 Å². The van der Waals surface area contributed by atoms with Gasteiger partial charge in [-0.25, -0.2) is 0 Å². The molecule has 0 aromatic heterocycles. The minimum absolute atomic E-state index is 0.0732. The third kappa shape index (κ3) is 3.74. The lowest BCUT2D eigenvalue weighted by Crippen LogP contribution is -2.04. The lowest BCUT2D eigenvalue weighted by atomic mass is 10.1. The number of carbonyl (C=O) groups is 1. The molecule has 0 amide bonds. The SMILES string of the molecule is O=C(O)Cc1ccccc1OCc1cccc(O)c1. The van der Waals surface area contributed by atoms with Crippen LogP contribution in [0.1, 0.15) is 11.1 Å². The molecule has 0 saturated carbocycles. The fourth-order valence-corrected chi connectivity index (χ4v) is 1.76. The van der Waals surface area contributed by atoms with E-state index in [1.165, 1.54) is 0 Å². The number of aromatic hydroxyl groups is 1. The molecule has 19 heavy (non-hydrogen) atoms. The standard InChI is InChI=1S/C15H14O4/c16-13-6-3-4-11(8-13)10-19-14-7-2-1-5-12(14)9-15(17)18/h1-8,16H,9-10H2,(H,17,18). The van der Waals surface area contributed by atoms with Gasteiger partial charge in [-0.15, -0.1) is 0 Å². The molecule has 0 aliphatic rings. The van der Waals surface area contributed by atoms with Gasteiger partial charge in [0.05, 0.1) is 6.42 Å². The summed E-state index contributed by atoms with van der Waals surface area (Å²) >= 11 is 0. The van der Waals surface area contributed by atoms with E-state index in [0.29, 0.717) is 11.3 Å². The molecule has 0 heterocycles. The quantitative estimate of drug-likeness (QED) is 0.865. The second kappa shape index (κ2) is 5.91. The molecule has 4 nitrogen and oxygen atoms in total. The highest BCUT2D eigenvalue weighted by atomic mass is 16.5. The number of phenols is 1. The van der Waals surface area contributed by atoms with Crippen molar-refractivity contribution in [3.8, 4) is 11.5 Å². The summed E-state index contributed by atoms with van der Waals surface area (Å²) in [6.07, 6.45) is -0.0732. The van der Waals surface area contributed by atoms with Crippen molar-refractivity contribution in [1.29, 1.82) is 0 Å². The molecule has 2 rings (SSSR count). The van der Waals surface area contributed by atoms with Crippen LogP contribution in [0.4, 0.5) is 0 Å². The third-order valence-electron chi connectivity index (χ3n) is 2.62. The highest BCUT2D eigenvalue weighted by Crippen LogP contribution is 2.20. The average Bonchev–Trinajstić information content (AvgIpc) is 2.37. The van der Waals surface area contributed by atoms with Crippen molar-refractivity contribution in [2.45, 2.75) is 13.0 Å². The van der Waals surface area contributed by atoms with Gasteiger partial charge in [-0.1, -0.05) is 30.3 Å². The molecule has 2 aromatic carbocycles. The summed E-state index contributed by atoms with van der Waals surface area (Å²) in [6, 6.07) is 13.8. The second-order valence-corrected chi connectivity index (χ2v) is 4.14. The van der Waals surface area contributed by atoms with Gasteiger partial charge in [-0.2, -0.15) is 0 Å².